The molecule has 28 heavy (non-hydrogen) atoms. The molecule has 0 aliphatic heterocycles. The monoisotopic (exact) mass is 375 g/mol. The molecule has 0 saturated heterocycles. The molecule has 0 aliphatic rings. The van der Waals surface area contributed by atoms with Gasteiger partial charge in [-0.1, -0.05) is 48.5 Å². The van der Waals surface area contributed by atoms with Gasteiger partial charge >= 0.3 is 0 Å². The molecule has 1 amide bonds. The first-order valence-corrected chi connectivity index (χ1v) is 9.37. The number of carbonyl (C=O) groups is 1. The first kappa shape index (κ1) is 19.5. The van der Waals surface area contributed by atoms with E-state index in [4.69, 9.17) is 9.47 Å². The van der Waals surface area contributed by atoms with Crippen LogP contribution in [0, 0.1) is 13.8 Å². The van der Waals surface area contributed by atoms with Gasteiger partial charge in [0.05, 0.1) is 6.54 Å². The Balaban J connectivity index is 1.48. The first-order chi connectivity index (χ1) is 13.6. The lowest BCUT2D eigenvalue weighted by Gasteiger charge is -2.12. The van der Waals surface area contributed by atoms with Crippen molar-refractivity contribution in [3.8, 4) is 11.5 Å². The maximum absolute atomic E-state index is 12.4. The SMILES string of the molecule is Cc1cccc(OCCNC(=O)c2cccc(OCc3ccccc3)c2)c1C. The second-order valence-corrected chi connectivity index (χ2v) is 6.60. The van der Waals surface area contributed by atoms with Gasteiger partial charge in [-0.05, 0) is 54.8 Å². The molecule has 144 valence electrons. The van der Waals surface area contributed by atoms with Crippen LogP contribution in [0.3, 0.4) is 0 Å². The molecule has 0 aromatic heterocycles. The van der Waals surface area contributed by atoms with Crippen LogP contribution in [0.25, 0.3) is 0 Å². The summed E-state index contributed by atoms with van der Waals surface area (Å²) >= 11 is 0. The summed E-state index contributed by atoms with van der Waals surface area (Å²) in [6, 6.07) is 23.1. The lowest BCUT2D eigenvalue weighted by atomic mass is 10.1. The van der Waals surface area contributed by atoms with E-state index in [-0.39, 0.29) is 5.91 Å². The summed E-state index contributed by atoms with van der Waals surface area (Å²) < 4.78 is 11.6. The molecule has 3 rings (SSSR count). The summed E-state index contributed by atoms with van der Waals surface area (Å²) in [5, 5.41) is 2.88. The van der Waals surface area contributed by atoms with Crippen LogP contribution in [0.1, 0.15) is 27.0 Å². The Morgan fingerprint density at radius 3 is 2.50 bits per heavy atom. The third kappa shape index (κ3) is 5.36. The van der Waals surface area contributed by atoms with Crippen molar-refractivity contribution in [1.29, 1.82) is 0 Å². The highest BCUT2D eigenvalue weighted by atomic mass is 16.5. The summed E-state index contributed by atoms with van der Waals surface area (Å²) in [5.74, 6) is 1.38. The lowest BCUT2D eigenvalue weighted by Crippen LogP contribution is -2.28. The van der Waals surface area contributed by atoms with Gasteiger partial charge in [0, 0.05) is 5.56 Å². The largest absolute Gasteiger partial charge is 0.491 e. The van der Waals surface area contributed by atoms with Crippen molar-refractivity contribution in [1.82, 2.24) is 5.32 Å². The molecule has 3 aromatic carbocycles. The number of aryl methyl sites for hydroxylation is 1. The summed E-state index contributed by atoms with van der Waals surface area (Å²) in [7, 11) is 0. The smallest absolute Gasteiger partial charge is 0.251 e. The van der Waals surface area contributed by atoms with E-state index in [0.29, 0.717) is 31.1 Å². The van der Waals surface area contributed by atoms with Gasteiger partial charge in [-0.2, -0.15) is 0 Å². The molecule has 0 atom stereocenters. The zero-order valence-electron chi connectivity index (χ0n) is 16.3. The maximum atomic E-state index is 12.4. The van der Waals surface area contributed by atoms with Crippen molar-refractivity contribution in [2.45, 2.75) is 20.5 Å². The Hall–Kier alpha value is -3.27. The van der Waals surface area contributed by atoms with E-state index in [1.807, 2.05) is 61.5 Å². The van der Waals surface area contributed by atoms with Crippen LogP contribution in [-0.4, -0.2) is 19.1 Å². The van der Waals surface area contributed by atoms with Gasteiger partial charge in [-0.25, -0.2) is 0 Å². The normalized spacial score (nSPS) is 10.4. The van der Waals surface area contributed by atoms with Crippen LogP contribution < -0.4 is 14.8 Å². The summed E-state index contributed by atoms with van der Waals surface area (Å²) in [5.41, 5.74) is 3.96. The van der Waals surface area contributed by atoms with Crippen molar-refractivity contribution in [3.05, 3.63) is 95.1 Å². The van der Waals surface area contributed by atoms with Crippen LogP contribution in [0.2, 0.25) is 0 Å². The Morgan fingerprint density at radius 1 is 0.893 bits per heavy atom. The van der Waals surface area contributed by atoms with E-state index in [1.54, 1.807) is 12.1 Å². The molecule has 0 saturated carbocycles. The van der Waals surface area contributed by atoms with Gasteiger partial charge in [0.15, 0.2) is 0 Å². The van der Waals surface area contributed by atoms with Crippen molar-refractivity contribution in [2.24, 2.45) is 0 Å². The fourth-order valence-electron chi connectivity index (χ4n) is 2.78. The number of ether oxygens (including phenoxy) is 2. The topological polar surface area (TPSA) is 47.6 Å². The standard InChI is InChI=1S/C24H25NO3/c1-18-8-6-13-23(19(18)2)27-15-14-25-24(26)21-11-7-12-22(16-21)28-17-20-9-4-3-5-10-20/h3-13,16H,14-15,17H2,1-2H3,(H,25,26). The molecule has 0 radical (unpaired) electrons. The van der Waals surface area contributed by atoms with Gasteiger partial charge in [0.1, 0.15) is 24.7 Å². The fraction of sp³-hybridized carbons (Fsp3) is 0.208. The fourth-order valence-corrected chi connectivity index (χ4v) is 2.78. The van der Waals surface area contributed by atoms with Crippen molar-refractivity contribution in [3.63, 3.8) is 0 Å². The van der Waals surface area contributed by atoms with Crippen molar-refractivity contribution < 1.29 is 14.3 Å². The molecule has 0 unspecified atom stereocenters. The number of carbonyl (C=O) groups excluding carboxylic acids is 1. The Bertz CT molecular complexity index is 922. The number of hydrogen-bond donors (Lipinski definition) is 1. The zero-order valence-corrected chi connectivity index (χ0v) is 16.3. The lowest BCUT2D eigenvalue weighted by molar-refractivity contribution is 0.0946. The highest BCUT2D eigenvalue weighted by Gasteiger charge is 2.07. The molecule has 3 aromatic rings. The number of rotatable bonds is 8. The van der Waals surface area contributed by atoms with E-state index >= 15 is 0 Å². The maximum Gasteiger partial charge on any atom is 0.251 e. The number of nitrogens with one attached hydrogen (secondary N) is 1. The predicted molar refractivity (Wildman–Crippen MR) is 111 cm³/mol. The third-order valence-electron chi connectivity index (χ3n) is 4.54. The van der Waals surface area contributed by atoms with Gasteiger partial charge < -0.3 is 14.8 Å². The van der Waals surface area contributed by atoms with Gasteiger partial charge in [0.2, 0.25) is 0 Å². The minimum absolute atomic E-state index is 0.144. The van der Waals surface area contributed by atoms with Gasteiger partial charge in [-0.3, -0.25) is 4.79 Å². The number of amides is 1. The van der Waals surface area contributed by atoms with Crippen LogP contribution >= 0.6 is 0 Å². The molecule has 0 spiro atoms. The highest BCUT2D eigenvalue weighted by molar-refractivity contribution is 5.94. The summed E-state index contributed by atoms with van der Waals surface area (Å²) in [4.78, 5) is 12.4. The molecule has 0 aliphatic carbocycles. The quantitative estimate of drug-likeness (QED) is 0.581. The summed E-state index contributed by atoms with van der Waals surface area (Å²) in [6.07, 6.45) is 0. The average Bonchev–Trinajstić information content (AvgIpc) is 2.73. The number of hydrogen-bond acceptors (Lipinski definition) is 3. The van der Waals surface area contributed by atoms with E-state index in [9.17, 15) is 4.79 Å². The van der Waals surface area contributed by atoms with Crippen LogP contribution in [-0.2, 0) is 6.61 Å². The molecular formula is C24H25NO3. The minimum Gasteiger partial charge on any atom is -0.491 e. The molecule has 0 bridgehead atoms. The van der Waals surface area contributed by atoms with Crippen LogP contribution in [0.5, 0.6) is 11.5 Å². The van der Waals surface area contributed by atoms with Crippen molar-refractivity contribution in [2.75, 3.05) is 13.2 Å². The van der Waals surface area contributed by atoms with E-state index in [2.05, 4.69) is 18.3 Å². The number of benzene rings is 3. The predicted octanol–water partition coefficient (Wildman–Crippen LogP) is 4.69. The second-order valence-electron chi connectivity index (χ2n) is 6.60. The Morgan fingerprint density at radius 2 is 1.68 bits per heavy atom. The second kappa shape index (κ2) is 9.60. The molecular weight excluding hydrogens is 350 g/mol. The minimum atomic E-state index is -0.144. The van der Waals surface area contributed by atoms with E-state index in [0.717, 1.165) is 16.9 Å². The average molecular weight is 375 g/mol. The van der Waals surface area contributed by atoms with E-state index in [1.165, 1.54) is 5.56 Å². The van der Waals surface area contributed by atoms with E-state index < -0.39 is 0 Å². The summed E-state index contributed by atoms with van der Waals surface area (Å²) in [6.45, 7) is 5.40. The Kier molecular flexibility index (Phi) is 6.68. The molecule has 4 heteroatoms. The van der Waals surface area contributed by atoms with Gasteiger partial charge in [-0.15, -0.1) is 0 Å². The first-order valence-electron chi connectivity index (χ1n) is 9.37. The highest BCUT2D eigenvalue weighted by Crippen LogP contribution is 2.20. The molecule has 0 fully saturated rings. The molecule has 0 heterocycles. The molecule has 1 N–H and O–H groups in total. The van der Waals surface area contributed by atoms with Crippen LogP contribution in [0.15, 0.2) is 72.8 Å². The van der Waals surface area contributed by atoms with Crippen LogP contribution in [0.4, 0.5) is 0 Å². The van der Waals surface area contributed by atoms with Gasteiger partial charge in [0.25, 0.3) is 5.91 Å². The zero-order chi connectivity index (χ0) is 19.8. The Labute approximate surface area is 166 Å². The third-order valence-corrected chi connectivity index (χ3v) is 4.54. The van der Waals surface area contributed by atoms with Crippen molar-refractivity contribution >= 4 is 5.91 Å². The molecule has 4 nitrogen and oxygen atoms in total.